The maximum Gasteiger partial charge on any atom is 0.114 e. The van der Waals surface area contributed by atoms with Gasteiger partial charge >= 0.3 is 0 Å². The van der Waals surface area contributed by atoms with Crippen LogP contribution in [0, 0.1) is 6.92 Å². The highest BCUT2D eigenvalue weighted by Crippen LogP contribution is 2.40. The summed E-state index contributed by atoms with van der Waals surface area (Å²) < 4.78 is 2.42. The molecule has 96 valence electrons. The number of nitrogens with two attached hydrogens (primary N) is 1. The minimum absolute atomic E-state index is 0.139. The molecule has 1 fully saturated rings. The van der Waals surface area contributed by atoms with Gasteiger partial charge in [0.15, 0.2) is 0 Å². The lowest BCUT2D eigenvalue weighted by molar-refractivity contribution is 0.547. The molecule has 0 bridgehead atoms. The van der Waals surface area contributed by atoms with Crippen LogP contribution >= 0.6 is 0 Å². The molecule has 18 heavy (non-hydrogen) atoms. The van der Waals surface area contributed by atoms with Gasteiger partial charge in [-0.3, -0.25) is 0 Å². The van der Waals surface area contributed by atoms with Crippen LogP contribution in [0.25, 0.3) is 11.0 Å². The van der Waals surface area contributed by atoms with Crippen molar-refractivity contribution < 1.29 is 0 Å². The van der Waals surface area contributed by atoms with Crippen LogP contribution in [0.15, 0.2) is 18.2 Å². The molecule has 1 aliphatic rings. The first-order chi connectivity index (χ1) is 8.58. The smallest absolute Gasteiger partial charge is 0.114 e. The fourth-order valence-electron chi connectivity index (χ4n) is 2.50. The average molecular weight is 243 g/mol. The fraction of sp³-hybridized carbons (Fsp3) is 0.533. The summed E-state index contributed by atoms with van der Waals surface area (Å²) >= 11 is 0. The summed E-state index contributed by atoms with van der Waals surface area (Å²) in [5.74, 6) is 1.46. The third-order valence-electron chi connectivity index (χ3n) is 3.98. The first kappa shape index (κ1) is 11.7. The van der Waals surface area contributed by atoms with E-state index >= 15 is 0 Å². The summed E-state index contributed by atoms with van der Waals surface area (Å²) in [5.41, 5.74) is 9.71. The van der Waals surface area contributed by atoms with E-state index in [0.29, 0.717) is 12.0 Å². The molecule has 1 aliphatic carbocycles. The molecule has 0 aliphatic heterocycles. The van der Waals surface area contributed by atoms with Gasteiger partial charge in [0, 0.05) is 18.0 Å². The molecule has 2 atom stereocenters. The maximum atomic E-state index is 6.06. The number of imidazole rings is 1. The minimum atomic E-state index is 0.139. The van der Waals surface area contributed by atoms with Crippen molar-refractivity contribution >= 4 is 11.0 Å². The van der Waals surface area contributed by atoms with Crippen LogP contribution in [-0.4, -0.2) is 15.6 Å². The van der Waals surface area contributed by atoms with E-state index in [1.165, 1.54) is 23.9 Å². The van der Waals surface area contributed by atoms with E-state index in [9.17, 15) is 0 Å². The molecular formula is C15H21N3. The largest absolute Gasteiger partial charge is 0.327 e. The van der Waals surface area contributed by atoms with Gasteiger partial charge in [-0.05, 0) is 44.4 Å². The minimum Gasteiger partial charge on any atom is -0.327 e. The van der Waals surface area contributed by atoms with Gasteiger partial charge in [-0.2, -0.15) is 0 Å². The molecule has 1 aromatic carbocycles. The van der Waals surface area contributed by atoms with E-state index in [0.717, 1.165) is 11.3 Å². The van der Waals surface area contributed by atoms with E-state index in [2.05, 4.69) is 43.5 Å². The number of fused-ring (bicyclic) bond motifs is 1. The van der Waals surface area contributed by atoms with Crippen LogP contribution in [0.3, 0.4) is 0 Å². The number of rotatable bonds is 3. The topological polar surface area (TPSA) is 43.8 Å². The highest BCUT2D eigenvalue weighted by molar-refractivity contribution is 5.77. The summed E-state index contributed by atoms with van der Waals surface area (Å²) in [7, 11) is 0. The molecule has 1 heterocycles. The van der Waals surface area contributed by atoms with Crippen molar-refractivity contribution in [2.75, 3.05) is 0 Å². The Morgan fingerprint density at radius 2 is 2.06 bits per heavy atom. The number of nitrogens with zero attached hydrogens (tertiary/aromatic N) is 2. The molecule has 2 N–H and O–H groups in total. The molecule has 1 aromatic heterocycles. The molecule has 0 saturated heterocycles. The van der Waals surface area contributed by atoms with E-state index < -0.39 is 0 Å². The molecule has 3 rings (SSSR count). The lowest BCUT2D eigenvalue weighted by Gasteiger charge is -2.17. The molecule has 0 amide bonds. The normalized spacial score (nSPS) is 19.1. The number of aromatic nitrogens is 2. The molecule has 3 heteroatoms. The van der Waals surface area contributed by atoms with Crippen molar-refractivity contribution in [2.24, 2.45) is 5.73 Å². The Kier molecular flexibility index (Phi) is 2.67. The van der Waals surface area contributed by atoms with Crippen molar-refractivity contribution in [3.05, 3.63) is 29.6 Å². The van der Waals surface area contributed by atoms with E-state index in [-0.39, 0.29) is 6.04 Å². The van der Waals surface area contributed by atoms with Crippen LogP contribution in [0.5, 0.6) is 0 Å². The third kappa shape index (κ3) is 1.83. The van der Waals surface area contributed by atoms with Crippen LogP contribution in [0.1, 0.15) is 50.0 Å². The molecule has 2 unspecified atom stereocenters. The van der Waals surface area contributed by atoms with E-state index in [1.54, 1.807) is 0 Å². The Balaban J connectivity index is 2.20. The standard InChI is InChI=1S/C15H21N3/c1-9-4-7-14-13(8-9)17-15(10(2)11(3)16)18(14)12-5-6-12/h4,7-8,10-12H,5-6,16H2,1-3H3. The Bertz CT molecular complexity index is 579. The fourth-order valence-corrected chi connectivity index (χ4v) is 2.50. The average Bonchev–Trinajstić information content (AvgIpc) is 3.09. The molecule has 0 spiro atoms. The Morgan fingerprint density at radius 3 is 2.67 bits per heavy atom. The second kappa shape index (κ2) is 4.09. The Labute approximate surface area is 108 Å². The van der Waals surface area contributed by atoms with Crippen molar-refractivity contribution in [3.63, 3.8) is 0 Å². The van der Waals surface area contributed by atoms with Gasteiger partial charge in [-0.25, -0.2) is 4.98 Å². The molecule has 0 radical (unpaired) electrons. The molecule has 3 nitrogen and oxygen atoms in total. The van der Waals surface area contributed by atoms with E-state index in [1.807, 2.05) is 0 Å². The van der Waals surface area contributed by atoms with Crippen LogP contribution in [0.4, 0.5) is 0 Å². The SMILES string of the molecule is Cc1ccc2c(c1)nc(C(C)C(C)N)n2C1CC1. The van der Waals surface area contributed by atoms with Gasteiger partial charge in [-0.15, -0.1) is 0 Å². The van der Waals surface area contributed by atoms with E-state index in [4.69, 9.17) is 10.7 Å². The van der Waals surface area contributed by atoms with Crippen LogP contribution in [0.2, 0.25) is 0 Å². The zero-order chi connectivity index (χ0) is 12.9. The van der Waals surface area contributed by atoms with Gasteiger partial charge in [0.1, 0.15) is 5.82 Å². The van der Waals surface area contributed by atoms with Crippen LogP contribution < -0.4 is 5.73 Å². The van der Waals surface area contributed by atoms with Gasteiger partial charge in [-0.1, -0.05) is 13.0 Å². The number of hydrogen-bond acceptors (Lipinski definition) is 2. The lowest BCUT2D eigenvalue weighted by atomic mass is 10.0. The lowest BCUT2D eigenvalue weighted by Crippen LogP contribution is -2.25. The van der Waals surface area contributed by atoms with Crippen molar-refractivity contribution in [1.29, 1.82) is 0 Å². The van der Waals surface area contributed by atoms with Gasteiger partial charge in [0.25, 0.3) is 0 Å². The Hall–Kier alpha value is -1.35. The highest BCUT2D eigenvalue weighted by atomic mass is 15.1. The second-order valence-electron chi connectivity index (χ2n) is 5.71. The summed E-state index contributed by atoms with van der Waals surface area (Å²) in [6, 6.07) is 7.33. The summed E-state index contributed by atoms with van der Waals surface area (Å²) in [4.78, 5) is 4.84. The molecular weight excluding hydrogens is 222 g/mol. The number of aryl methyl sites for hydroxylation is 1. The van der Waals surface area contributed by atoms with Crippen molar-refractivity contribution in [2.45, 2.75) is 51.6 Å². The number of hydrogen-bond donors (Lipinski definition) is 1. The predicted octanol–water partition coefficient (Wildman–Crippen LogP) is 3.13. The highest BCUT2D eigenvalue weighted by Gasteiger charge is 2.30. The van der Waals surface area contributed by atoms with Gasteiger partial charge < -0.3 is 10.3 Å². The maximum absolute atomic E-state index is 6.06. The van der Waals surface area contributed by atoms with Crippen LogP contribution in [-0.2, 0) is 0 Å². The van der Waals surface area contributed by atoms with Crippen molar-refractivity contribution in [3.8, 4) is 0 Å². The first-order valence-electron chi connectivity index (χ1n) is 6.82. The Morgan fingerprint density at radius 1 is 1.33 bits per heavy atom. The van der Waals surface area contributed by atoms with Gasteiger partial charge in [0.2, 0.25) is 0 Å². The summed E-state index contributed by atoms with van der Waals surface area (Å²) in [5, 5.41) is 0. The summed E-state index contributed by atoms with van der Waals surface area (Å²) in [6.45, 7) is 6.36. The predicted molar refractivity (Wildman–Crippen MR) is 74.8 cm³/mol. The molecule has 2 aromatic rings. The molecule has 1 saturated carbocycles. The number of benzene rings is 1. The second-order valence-corrected chi connectivity index (χ2v) is 5.71. The quantitative estimate of drug-likeness (QED) is 0.900. The zero-order valence-electron chi connectivity index (χ0n) is 11.4. The monoisotopic (exact) mass is 243 g/mol. The zero-order valence-corrected chi connectivity index (χ0v) is 11.4. The third-order valence-corrected chi connectivity index (χ3v) is 3.98. The first-order valence-corrected chi connectivity index (χ1v) is 6.82. The summed E-state index contributed by atoms with van der Waals surface area (Å²) in [6.07, 6.45) is 2.55. The van der Waals surface area contributed by atoms with Crippen molar-refractivity contribution in [1.82, 2.24) is 9.55 Å². The van der Waals surface area contributed by atoms with Gasteiger partial charge in [0.05, 0.1) is 11.0 Å².